The molecule has 114 valence electrons. The quantitative estimate of drug-likeness (QED) is 0.486. The van der Waals surface area contributed by atoms with E-state index in [1.54, 1.807) is 13.8 Å². The second-order valence-corrected chi connectivity index (χ2v) is 5.41. The lowest BCUT2D eigenvalue weighted by molar-refractivity contribution is -0.140. The van der Waals surface area contributed by atoms with Crippen molar-refractivity contribution in [1.82, 2.24) is 16.0 Å². The van der Waals surface area contributed by atoms with Gasteiger partial charge in [0.2, 0.25) is 5.91 Å². The van der Waals surface area contributed by atoms with Gasteiger partial charge in [-0.25, -0.2) is 9.59 Å². The van der Waals surface area contributed by atoms with E-state index < -0.39 is 18.0 Å². The van der Waals surface area contributed by atoms with Crippen LogP contribution in [0.3, 0.4) is 0 Å². The van der Waals surface area contributed by atoms with Crippen molar-refractivity contribution < 1.29 is 19.5 Å². The van der Waals surface area contributed by atoms with Crippen molar-refractivity contribution >= 4 is 17.9 Å². The molecule has 7 heteroatoms. The summed E-state index contributed by atoms with van der Waals surface area (Å²) in [5, 5.41) is 16.7. The third-order valence-corrected chi connectivity index (χ3v) is 3.03. The van der Waals surface area contributed by atoms with Gasteiger partial charge in [-0.15, -0.1) is 0 Å². The predicted molar refractivity (Wildman–Crippen MR) is 73.2 cm³/mol. The Labute approximate surface area is 118 Å². The summed E-state index contributed by atoms with van der Waals surface area (Å²) in [7, 11) is 0. The third-order valence-electron chi connectivity index (χ3n) is 3.03. The molecule has 0 aromatic rings. The first kappa shape index (κ1) is 16.3. The molecule has 1 aliphatic rings. The lowest BCUT2D eigenvalue weighted by Crippen LogP contribution is -2.48. The topological polar surface area (TPSA) is 108 Å². The van der Waals surface area contributed by atoms with E-state index in [2.05, 4.69) is 16.0 Å². The highest BCUT2D eigenvalue weighted by Crippen LogP contribution is 2.18. The summed E-state index contributed by atoms with van der Waals surface area (Å²) in [5.41, 5.74) is 0. The van der Waals surface area contributed by atoms with Crippen molar-refractivity contribution in [1.29, 1.82) is 0 Å². The first-order valence-electron chi connectivity index (χ1n) is 6.96. The van der Waals surface area contributed by atoms with Crippen LogP contribution in [0.2, 0.25) is 0 Å². The van der Waals surface area contributed by atoms with Crippen LogP contribution in [0.1, 0.15) is 39.5 Å². The molecule has 3 amide bonds. The van der Waals surface area contributed by atoms with E-state index in [9.17, 15) is 14.4 Å². The van der Waals surface area contributed by atoms with Gasteiger partial charge in [-0.2, -0.15) is 0 Å². The lowest BCUT2D eigenvalue weighted by Gasteiger charge is -2.18. The summed E-state index contributed by atoms with van der Waals surface area (Å²) in [6.45, 7) is 3.79. The highest BCUT2D eigenvalue weighted by molar-refractivity contribution is 5.82. The molecule has 1 saturated carbocycles. The Morgan fingerprint density at radius 3 is 2.40 bits per heavy atom. The molecule has 0 aromatic carbocycles. The molecule has 0 saturated heterocycles. The third kappa shape index (κ3) is 6.40. The molecule has 0 unspecified atom stereocenters. The largest absolute Gasteiger partial charge is 0.480 e. The van der Waals surface area contributed by atoms with Gasteiger partial charge in [-0.1, -0.05) is 13.8 Å². The molecule has 20 heavy (non-hydrogen) atoms. The summed E-state index contributed by atoms with van der Waals surface area (Å²) < 4.78 is 0. The molecule has 4 N–H and O–H groups in total. The van der Waals surface area contributed by atoms with Crippen LogP contribution in [0.5, 0.6) is 0 Å². The second kappa shape index (κ2) is 7.72. The SMILES string of the molecule is CC(C)[C@H](NC(=O)NCCCC(=O)NC1CC1)C(=O)O. The Hall–Kier alpha value is -1.79. The molecule has 0 bridgehead atoms. The Morgan fingerprint density at radius 2 is 1.90 bits per heavy atom. The van der Waals surface area contributed by atoms with Gasteiger partial charge in [-0.3, -0.25) is 4.79 Å². The molecule has 7 nitrogen and oxygen atoms in total. The fraction of sp³-hybridized carbons (Fsp3) is 0.769. The van der Waals surface area contributed by atoms with Crippen LogP contribution in [0.4, 0.5) is 4.79 Å². The van der Waals surface area contributed by atoms with Crippen molar-refractivity contribution in [3.8, 4) is 0 Å². The Bertz CT molecular complexity index is 367. The number of amides is 3. The van der Waals surface area contributed by atoms with E-state index in [1.807, 2.05) is 0 Å². The van der Waals surface area contributed by atoms with Crippen LogP contribution >= 0.6 is 0 Å². The molecule has 1 atom stereocenters. The maximum absolute atomic E-state index is 11.5. The average molecular weight is 285 g/mol. The van der Waals surface area contributed by atoms with Gasteiger partial charge in [0.1, 0.15) is 6.04 Å². The predicted octanol–water partition coefficient (Wildman–Crippen LogP) is 0.454. The van der Waals surface area contributed by atoms with Gasteiger partial charge < -0.3 is 21.1 Å². The maximum atomic E-state index is 11.5. The molecular weight excluding hydrogens is 262 g/mol. The van der Waals surface area contributed by atoms with Crippen molar-refractivity contribution in [2.24, 2.45) is 5.92 Å². The number of nitrogens with one attached hydrogen (secondary N) is 3. The van der Waals surface area contributed by atoms with Crippen LogP contribution in [0, 0.1) is 5.92 Å². The molecule has 0 aromatic heterocycles. The number of carbonyl (C=O) groups excluding carboxylic acids is 2. The van der Waals surface area contributed by atoms with Crippen molar-refractivity contribution in [3.63, 3.8) is 0 Å². The van der Waals surface area contributed by atoms with Crippen molar-refractivity contribution in [2.45, 2.75) is 51.6 Å². The number of hydrogen-bond acceptors (Lipinski definition) is 3. The van der Waals surface area contributed by atoms with E-state index in [0.29, 0.717) is 25.4 Å². The minimum absolute atomic E-state index is 0.000279. The number of hydrogen-bond donors (Lipinski definition) is 4. The molecule has 0 spiro atoms. The molecule has 0 aliphatic heterocycles. The zero-order chi connectivity index (χ0) is 15.1. The Balaban J connectivity index is 2.12. The Morgan fingerprint density at radius 1 is 1.25 bits per heavy atom. The summed E-state index contributed by atoms with van der Waals surface area (Å²) in [5.74, 6) is -1.25. The van der Waals surface area contributed by atoms with Gasteiger partial charge in [0.15, 0.2) is 0 Å². The van der Waals surface area contributed by atoms with Gasteiger partial charge in [0.25, 0.3) is 0 Å². The molecule has 1 aliphatic carbocycles. The maximum Gasteiger partial charge on any atom is 0.326 e. The summed E-state index contributed by atoms with van der Waals surface area (Å²) in [6.07, 6.45) is 3.01. The van der Waals surface area contributed by atoms with Crippen LogP contribution in [0.15, 0.2) is 0 Å². The van der Waals surface area contributed by atoms with E-state index in [4.69, 9.17) is 5.11 Å². The number of aliphatic carboxylic acids is 1. The minimum atomic E-state index is -1.06. The first-order chi connectivity index (χ1) is 9.40. The fourth-order valence-electron chi connectivity index (χ4n) is 1.68. The summed E-state index contributed by atoms with van der Waals surface area (Å²) in [4.78, 5) is 33.8. The van der Waals surface area contributed by atoms with E-state index >= 15 is 0 Å². The van der Waals surface area contributed by atoms with Gasteiger partial charge in [0, 0.05) is 19.0 Å². The summed E-state index contributed by atoms with van der Waals surface area (Å²) in [6, 6.07) is -1.08. The molecule has 0 radical (unpaired) electrons. The van der Waals surface area contributed by atoms with Crippen molar-refractivity contribution in [3.05, 3.63) is 0 Å². The first-order valence-corrected chi connectivity index (χ1v) is 6.96. The van der Waals surface area contributed by atoms with Crippen LogP contribution in [-0.2, 0) is 9.59 Å². The molecule has 1 fully saturated rings. The minimum Gasteiger partial charge on any atom is -0.480 e. The fourth-order valence-corrected chi connectivity index (χ4v) is 1.68. The van der Waals surface area contributed by atoms with E-state index in [1.165, 1.54) is 0 Å². The van der Waals surface area contributed by atoms with Gasteiger partial charge in [-0.05, 0) is 25.2 Å². The number of urea groups is 1. The molecule has 0 heterocycles. The zero-order valence-corrected chi connectivity index (χ0v) is 11.9. The number of rotatable bonds is 8. The smallest absolute Gasteiger partial charge is 0.326 e. The second-order valence-electron chi connectivity index (χ2n) is 5.41. The van der Waals surface area contributed by atoms with E-state index in [0.717, 1.165) is 12.8 Å². The zero-order valence-electron chi connectivity index (χ0n) is 11.9. The molecular formula is C13H23N3O4. The highest BCUT2D eigenvalue weighted by Gasteiger charge is 2.24. The Kier molecular flexibility index (Phi) is 6.27. The standard InChI is InChI=1S/C13H23N3O4/c1-8(2)11(12(18)19)16-13(20)14-7-3-4-10(17)15-9-5-6-9/h8-9,11H,3-7H2,1-2H3,(H,15,17)(H,18,19)(H2,14,16,20)/t11-/m0/s1. The van der Waals surface area contributed by atoms with Crippen LogP contribution < -0.4 is 16.0 Å². The normalized spacial score (nSPS) is 15.6. The number of carboxylic acid groups (broad SMARTS) is 1. The van der Waals surface area contributed by atoms with Gasteiger partial charge in [0.05, 0.1) is 0 Å². The number of carbonyl (C=O) groups is 3. The lowest BCUT2D eigenvalue weighted by atomic mass is 10.1. The highest BCUT2D eigenvalue weighted by atomic mass is 16.4. The van der Waals surface area contributed by atoms with Crippen LogP contribution in [0.25, 0.3) is 0 Å². The number of carboxylic acids is 1. The van der Waals surface area contributed by atoms with E-state index in [-0.39, 0.29) is 11.8 Å². The monoisotopic (exact) mass is 285 g/mol. The van der Waals surface area contributed by atoms with Crippen molar-refractivity contribution in [2.75, 3.05) is 6.54 Å². The summed E-state index contributed by atoms with van der Waals surface area (Å²) >= 11 is 0. The van der Waals surface area contributed by atoms with Gasteiger partial charge >= 0.3 is 12.0 Å². The average Bonchev–Trinajstić information content (AvgIpc) is 3.14. The van der Waals surface area contributed by atoms with Crippen LogP contribution in [-0.4, -0.2) is 41.6 Å². The molecule has 1 rings (SSSR count).